The molecule has 1 heterocycles. The molecule has 3 N–H and O–H groups in total. The third-order valence-electron chi connectivity index (χ3n) is 5.61. The molecule has 1 saturated heterocycles. The topological polar surface area (TPSA) is 108 Å². The van der Waals surface area contributed by atoms with Crippen molar-refractivity contribution < 1.29 is 28.9 Å². The van der Waals surface area contributed by atoms with Crippen LogP contribution in [-0.4, -0.2) is 47.7 Å². The summed E-state index contributed by atoms with van der Waals surface area (Å²) in [5.74, 6) is -0.846. The lowest BCUT2D eigenvalue weighted by molar-refractivity contribution is -0.173. The lowest BCUT2D eigenvalue weighted by Gasteiger charge is -2.30. The van der Waals surface area contributed by atoms with E-state index in [1.165, 1.54) is 0 Å². The number of hydrogen-bond acceptors (Lipinski definition) is 7. The molecule has 0 radical (unpaired) electrons. The highest BCUT2D eigenvalue weighted by Gasteiger charge is 2.64. The molecular weight excluding hydrogens is 302 g/mol. The third kappa shape index (κ3) is 2.86. The Morgan fingerprint density at radius 2 is 2.09 bits per heavy atom. The van der Waals surface area contributed by atoms with E-state index >= 15 is 0 Å². The van der Waals surface area contributed by atoms with Gasteiger partial charge in [0.2, 0.25) is 0 Å². The van der Waals surface area contributed by atoms with Gasteiger partial charge in [-0.25, -0.2) is 0 Å². The van der Waals surface area contributed by atoms with Gasteiger partial charge < -0.3 is 25.1 Å². The quantitative estimate of drug-likeness (QED) is 0.558. The van der Waals surface area contributed by atoms with Crippen molar-refractivity contribution in [1.29, 1.82) is 0 Å². The van der Waals surface area contributed by atoms with Crippen molar-refractivity contribution in [2.75, 3.05) is 6.79 Å². The molecule has 3 fully saturated rings. The summed E-state index contributed by atoms with van der Waals surface area (Å²) >= 11 is 0. The highest BCUT2D eigenvalue weighted by molar-refractivity contribution is 5.85. The molecule has 0 aromatic heterocycles. The van der Waals surface area contributed by atoms with Crippen LogP contribution in [0.25, 0.3) is 0 Å². The van der Waals surface area contributed by atoms with Crippen LogP contribution >= 0.6 is 0 Å². The summed E-state index contributed by atoms with van der Waals surface area (Å²) < 4.78 is 16.1. The van der Waals surface area contributed by atoms with Crippen LogP contribution in [0.5, 0.6) is 0 Å². The summed E-state index contributed by atoms with van der Waals surface area (Å²) in [6, 6.07) is 0. The van der Waals surface area contributed by atoms with Crippen LogP contribution in [0, 0.1) is 11.8 Å². The number of aliphatic hydroxyl groups excluding tert-OH is 1. The number of rotatable bonds is 5. The largest absolute Gasteiger partial charge is 0.458 e. The van der Waals surface area contributed by atoms with Gasteiger partial charge in [0.1, 0.15) is 24.5 Å². The fraction of sp³-hybridized carbons (Fsp3) is 0.875. The molecule has 0 amide bonds. The van der Waals surface area contributed by atoms with Gasteiger partial charge in [0.15, 0.2) is 0 Å². The molecule has 2 bridgehead atoms. The van der Waals surface area contributed by atoms with Crippen molar-refractivity contribution in [3.05, 3.63) is 0 Å². The average molecular weight is 327 g/mol. The van der Waals surface area contributed by atoms with Gasteiger partial charge in [-0.1, -0.05) is 6.92 Å². The van der Waals surface area contributed by atoms with E-state index in [1.807, 2.05) is 6.92 Å². The van der Waals surface area contributed by atoms with E-state index in [9.17, 15) is 9.59 Å². The Morgan fingerprint density at radius 1 is 1.39 bits per heavy atom. The Labute approximate surface area is 135 Å². The molecule has 3 rings (SSSR count). The lowest BCUT2D eigenvalue weighted by Crippen LogP contribution is -2.49. The second-order valence-corrected chi connectivity index (χ2v) is 6.87. The zero-order valence-corrected chi connectivity index (χ0v) is 13.4. The first-order valence-corrected chi connectivity index (χ1v) is 8.42. The molecular formula is C16H25NO6. The first-order valence-electron chi connectivity index (χ1n) is 8.42. The summed E-state index contributed by atoms with van der Waals surface area (Å²) in [6.45, 7) is 1.68. The van der Waals surface area contributed by atoms with Crippen molar-refractivity contribution in [2.45, 2.75) is 69.3 Å². The van der Waals surface area contributed by atoms with Crippen LogP contribution in [0.4, 0.5) is 0 Å². The minimum atomic E-state index is -1.00. The molecule has 2 saturated carbocycles. The molecule has 4 unspecified atom stereocenters. The number of fused-ring (bicyclic) bond motifs is 2. The second-order valence-electron chi connectivity index (χ2n) is 6.87. The predicted octanol–water partition coefficient (Wildman–Crippen LogP) is 0.476. The Morgan fingerprint density at radius 3 is 2.65 bits per heavy atom. The smallest absolute Gasteiger partial charge is 0.327 e. The van der Waals surface area contributed by atoms with Gasteiger partial charge in [-0.15, -0.1) is 0 Å². The van der Waals surface area contributed by atoms with E-state index < -0.39 is 17.7 Å². The normalized spacial score (nSPS) is 42.6. The average Bonchev–Trinajstić information content (AvgIpc) is 2.93. The van der Waals surface area contributed by atoms with Gasteiger partial charge in [-0.05, 0) is 32.1 Å². The first kappa shape index (κ1) is 16.7. The van der Waals surface area contributed by atoms with Crippen LogP contribution in [0.1, 0.15) is 45.4 Å². The molecule has 7 nitrogen and oxygen atoms in total. The van der Waals surface area contributed by atoms with E-state index in [1.54, 1.807) is 0 Å². The van der Waals surface area contributed by atoms with Gasteiger partial charge in [-0.3, -0.25) is 9.59 Å². The number of carbonyl (C=O) groups is 2. The summed E-state index contributed by atoms with van der Waals surface area (Å²) in [5, 5.41) is 8.77. The van der Waals surface area contributed by atoms with Crippen LogP contribution in [0.2, 0.25) is 0 Å². The molecule has 2 aliphatic carbocycles. The molecule has 0 aromatic carbocycles. The molecule has 130 valence electrons. The van der Waals surface area contributed by atoms with E-state index in [-0.39, 0.29) is 36.7 Å². The zero-order chi connectivity index (χ0) is 16.6. The standard InChI is InChI=1S/C16H25NO6/c1-2-11-13-12(7-16(11,17)15(20)23-13)22-14(19)9-3-5-10(6-4-9)21-8-18/h9-13,18H,2-8,17H2,1H3. The van der Waals surface area contributed by atoms with Crippen molar-refractivity contribution in [1.82, 2.24) is 0 Å². The molecule has 0 aromatic rings. The number of nitrogens with two attached hydrogens (primary N) is 1. The fourth-order valence-electron chi connectivity index (χ4n) is 4.30. The number of aliphatic hydroxyl groups is 1. The summed E-state index contributed by atoms with van der Waals surface area (Å²) in [7, 11) is 0. The van der Waals surface area contributed by atoms with Gasteiger partial charge in [0.05, 0.1) is 12.0 Å². The van der Waals surface area contributed by atoms with Crippen LogP contribution in [0.15, 0.2) is 0 Å². The SMILES string of the molecule is CCC1C2OC(=O)C1(N)CC2OC(=O)C1CCC(OCO)CC1. The number of esters is 2. The Hall–Kier alpha value is -1.18. The minimum absolute atomic E-state index is 0.0179. The Kier molecular flexibility index (Phi) is 4.62. The van der Waals surface area contributed by atoms with Gasteiger partial charge in [0, 0.05) is 12.3 Å². The van der Waals surface area contributed by atoms with E-state index in [0.29, 0.717) is 19.3 Å². The number of ether oxygens (including phenoxy) is 3. The second kappa shape index (κ2) is 6.37. The molecule has 4 atom stereocenters. The maximum absolute atomic E-state index is 12.4. The lowest BCUT2D eigenvalue weighted by atomic mass is 9.87. The summed E-state index contributed by atoms with van der Waals surface area (Å²) in [6.07, 6.45) is 3.11. The fourth-order valence-corrected chi connectivity index (χ4v) is 4.30. The van der Waals surface area contributed by atoms with Crippen LogP contribution in [0.3, 0.4) is 0 Å². The van der Waals surface area contributed by atoms with E-state index in [2.05, 4.69) is 0 Å². The molecule has 0 spiro atoms. The summed E-state index contributed by atoms with van der Waals surface area (Å²) in [4.78, 5) is 24.2. The van der Waals surface area contributed by atoms with Crippen LogP contribution in [-0.2, 0) is 23.8 Å². The Bertz CT molecular complexity index is 475. The van der Waals surface area contributed by atoms with E-state index in [0.717, 1.165) is 19.3 Å². The van der Waals surface area contributed by atoms with Gasteiger partial charge in [-0.2, -0.15) is 0 Å². The van der Waals surface area contributed by atoms with Crippen LogP contribution < -0.4 is 5.73 Å². The maximum Gasteiger partial charge on any atom is 0.327 e. The number of hydrogen-bond donors (Lipinski definition) is 2. The third-order valence-corrected chi connectivity index (χ3v) is 5.61. The maximum atomic E-state index is 12.4. The van der Waals surface area contributed by atoms with Gasteiger partial charge >= 0.3 is 11.9 Å². The highest BCUT2D eigenvalue weighted by Crippen LogP contribution is 2.46. The molecule has 3 aliphatic rings. The highest BCUT2D eigenvalue weighted by atomic mass is 16.6. The van der Waals surface area contributed by atoms with Crippen molar-refractivity contribution in [3.8, 4) is 0 Å². The van der Waals surface area contributed by atoms with Crippen molar-refractivity contribution >= 4 is 11.9 Å². The van der Waals surface area contributed by atoms with Crippen molar-refractivity contribution in [2.24, 2.45) is 17.6 Å². The number of carbonyl (C=O) groups excluding carboxylic acids is 2. The van der Waals surface area contributed by atoms with E-state index in [4.69, 9.17) is 25.1 Å². The molecule has 7 heteroatoms. The summed E-state index contributed by atoms with van der Waals surface area (Å²) in [5.41, 5.74) is 5.19. The zero-order valence-electron chi connectivity index (χ0n) is 13.4. The monoisotopic (exact) mass is 327 g/mol. The predicted molar refractivity (Wildman–Crippen MR) is 79.0 cm³/mol. The minimum Gasteiger partial charge on any atom is -0.458 e. The first-order chi connectivity index (χ1) is 11.0. The van der Waals surface area contributed by atoms with Crippen molar-refractivity contribution in [3.63, 3.8) is 0 Å². The molecule has 1 aliphatic heterocycles. The van der Waals surface area contributed by atoms with Gasteiger partial charge in [0.25, 0.3) is 0 Å². The molecule has 23 heavy (non-hydrogen) atoms. The Balaban J connectivity index is 1.55.